The molecule has 2 bridgehead atoms. The number of aryl methyl sites for hydroxylation is 2. The van der Waals surface area contributed by atoms with Gasteiger partial charge in [-0.1, -0.05) is 104 Å². The van der Waals surface area contributed by atoms with Crippen LogP contribution in [0.3, 0.4) is 0 Å². The lowest BCUT2D eigenvalue weighted by atomic mass is 9.54. The van der Waals surface area contributed by atoms with Crippen LogP contribution in [0.1, 0.15) is 54.1 Å². The fraction of sp³-hybridized carbons (Fsp3) is 0.200. The molecule has 214 valence electrons. The highest BCUT2D eigenvalue weighted by Crippen LogP contribution is 2.70. The lowest BCUT2D eigenvalue weighted by molar-refractivity contribution is -0.122. The molecule has 1 saturated heterocycles. The summed E-state index contributed by atoms with van der Waals surface area (Å²) in [5.74, 6) is -3.18. The van der Waals surface area contributed by atoms with Crippen LogP contribution in [0.15, 0.2) is 91.0 Å². The number of benzene rings is 4. The van der Waals surface area contributed by atoms with Gasteiger partial charge >= 0.3 is 5.97 Å². The van der Waals surface area contributed by atoms with Gasteiger partial charge in [-0.3, -0.25) is 14.4 Å². The number of ketones is 1. The number of amides is 2. The zero-order valence-corrected chi connectivity index (χ0v) is 26.4. The van der Waals surface area contributed by atoms with Crippen molar-refractivity contribution in [1.29, 1.82) is 0 Å². The standard InChI is InChI=1S/C35H25Br2NO5/c1-19-14-15-20(2)23(16-19)28(39)18-43-33(42)21-8-7-9-22(17-21)38-31(40)29-30(32(38)41)35(37)25-11-4-3-10-24(25)34(29,36)26-12-5-6-13-27(26)35/h3-17,29-30H,18H2,1-2H3. The summed E-state index contributed by atoms with van der Waals surface area (Å²) in [5, 5.41) is 0. The monoisotopic (exact) mass is 697 g/mol. The van der Waals surface area contributed by atoms with Gasteiger partial charge in [0.15, 0.2) is 6.61 Å². The maximum Gasteiger partial charge on any atom is 0.338 e. The van der Waals surface area contributed by atoms with Crippen LogP contribution in [0.5, 0.6) is 0 Å². The molecule has 1 fully saturated rings. The summed E-state index contributed by atoms with van der Waals surface area (Å²) in [4.78, 5) is 55.7. The molecule has 2 amide bonds. The Morgan fingerprint density at radius 3 is 1.81 bits per heavy atom. The second-order valence-corrected chi connectivity index (χ2v) is 13.9. The van der Waals surface area contributed by atoms with Crippen LogP contribution in [-0.2, 0) is 23.0 Å². The van der Waals surface area contributed by atoms with E-state index in [0.29, 0.717) is 5.56 Å². The summed E-state index contributed by atoms with van der Waals surface area (Å²) in [5.41, 5.74) is 6.43. The molecule has 2 unspecified atom stereocenters. The number of Topliss-reactive ketones (excluding diaryl/α,β-unsaturated/α-hetero) is 1. The SMILES string of the molecule is Cc1ccc(C)c(C(=O)COC(=O)c2cccc(N3C(=O)C4C(C3=O)C3(Br)c5ccccc5C4(Br)c4ccccc43)c2)c1. The van der Waals surface area contributed by atoms with E-state index < -0.39 is 33.1 Å². The first-order valence-corrected chi connectivity index (χ1v) is 15.5. The summed E-state index contributed by atoms with van der Waals surface area (Å²) in [6.45, 7) is 3.30. The van der Waals surface area contributed by atoms with Crippen molar-refractivity contribution in [3.8, 4) is 0 Å². The Morgan fingerprint density at radius 2 is 1.28 bits per heavy atom. The predicted octanol–water partition coefficient (Wildman–Crippen LogP) is 6.75. The zero-order valence-electron chi connectivity index (χ0n) is 23.3. The third-order valence-corrected chi connectivity index (χ3v) is 11.6. The normalized spacial score (nSPS) is 24.8. The zero-order chi connectivity index (χ0) is 30.3. The Hall–Kier alpha value is -3.88. The van der Waals surface area contributed by atoms with Crippen LogP contribution in [0.2, 0.25) is 0 Å². The molecule has 1 heterocycles. The average molecular weight is 699 g/mol. The Kier molecular flexibility index (Phi) is 6.38. The number of ether oxygens (including phenoxy) is 1. The molecule has 8 rings (SSSR count). The number of carbonyl (C=O) groups excluding carboxylic acids is 4. The van der Waals surface area contributed by atoms with Gasteiger partial charge in [-0.15, -0.1) is 0 Å². The van der Waals surface area contributed by atoms with Crippen LogP contribution in [-0.4, -0.2) is 30.2 Å². The van der Waals surface area contributed by atoms with Crippen molar-refractivity contribution >= 4 is 61.1 Å². The average Bonchev–Trinajstić information content (AvgIpc) is 3.30. The van der Waals surface area contributed by atoms with Gasteiger partial charge in [0, 0.05) is 5.56 Å². The number of rotatable bonds is 5. The highest BCUT2D eigenvalue weighted by molar-refractivity contribution is 9.10. The predicted molar refractivity (Wildman–Crippen MR) is 169 cm³/mol. The number of halogens is 2. The molecule has 4 aromatic rings. The quantitative estimate of drug-likeness (QED) is 0.0997. The summed E-state index contributed by atoms with van der Waals surface area (Å²) in [6.07, 6.45) is 0. The molecule has 0 radical (unpaired) electrons. The molecule has 0 aromatic heterocycles. The van der Waals surface area contributed by atoms with E-state index in [2.05, 4.69) is 31.9 Å². The van der Waals surface area contributed by atoms with E-state index in [1.807, 2.05) is 74.5 Å². The number of imide groups is 1. The van der Waals surface area contributed by atoms with Crippen molar-refractivity contribution in [3.05, 3.63) is 136 Å². The summed E-state index contributed by atoms with van der Waals surface area (Å²) in [7, 11) is 0. The highest BCUT2D eigenvalue weighted by atomic mass is 79.9. The van der Waals surface area contributed by atoms with E-state index >= 15 is 0 Å². The number of esters is 1. The van der Waals surface area contributed by atoms with Crippen LogP contribution >= 0.6 is 31.9 Å². The Bertz CT molecular complexity index is 1780. The summed E-state index contributed by atoms with van der Waals surface area (Å²) >= 11 is 8.01. The van der Waals surface area contributed by atoms with Crippen molar-refractivity contribution in [2.75, 3.05) is 11.5 Å². The highest BCUT2D eigenvalue weighted by Gasteiger charge is 2.72. The van der Waals surface area contributed by atoms with Crippen molar-refractivity contribution < 1.29 is 23.9 Å². The molecule has 2 atom stereocenters. The van der Waals surface area contributed by atoms with Gasteiger partial charge in [0.25, 0.3) is 0 Å². The van der Waals surface area contributed by atoms with Crippen molar-refractivity contribution in [2.45, 2.75) is 22.5 Å². The second-order valence-electron chi connectivity index (χ2n) is 11.3. The van der Waals surface area contributed by atoms with Gasteiger partial charge in [-0.25, -0.2) is 9.69 Å². The van der Waals surface area contributed by atoms with Crippen molar-refractivity contribution in [1.82, 2.24) is 0 Å². The van der Waals surface area contributed by atoms with Gasteiger partial charge in [0.2, 0.25) is 17.6 Å². The van der Waals surface area contributed by atoms with Crippen LogP contribution < -0.4 is 4.90 Å². The molecule has 43 heavy (non-hydrogen) atoms. The number of alkyl halides is 2. The first-order chi connectivity index (χ1) is 20.6. The van der Waals surface area contributed by atoms with Crippen LogP contribution in [0, 0.1) is 25.7 Å². The van der Waals surface area contributed by atoms with Gasteiger partial charge in [0.1, 0.15) is 0 Å². The first-order valence-electron chi connectivity index (χ1n) is 13.9. The molecule has 0 spiro atoms. The molecule has 1 aliphatic heterocycles. The van der Waals surface area contributed by atoms with E-state index in [0.717, 1.165) is 33.4 Å². The molecule has 4 aliphatic rings. The number of carbonyl (C=O) groups is 4. The number of nitrogens with zero attached hydrogens (tertiary/aromatic N) is 1. The van der Waals surface area contributed by atoms with E-state index in [1.165, 1.54) is 11.0 Å². The summed E-state index contributed by atoms with van der Waals surface area (Å²) in [6, 6.07) is 27.6. The van der Waals surface area contributed by atoms with E-state index in [4.69, 9.17) is 4.74 Å². The minimum atomic E-state index is -0.910. The summed E-state index contributed by atoms with van der Waals surface area (Å²) < 4.78 is 3.55. The molecule has 0 saturated carbocycles. The molecule has 8 heteroatoms. The molecule has 4 aromatic carbocycles. The van der Waals surface area contributed by atoms with E-state index in [-0.39, 0.29) is 28.8 Å². The lowest BCUT2D eigenvalue weighted by Gasteiger charge is -2.55. The van der Waals surface area contributed by atoms with E-state index in [9.17, 15) is 19.2 Å². The number of anilines is 1. The van der Waals surface area contributed by atoms with Gasteiger partial charge in [-0.2, -0.15) is 0 Å². The lowest BCUT2D eigenvalue weighted by Crippen LogP contribution is -2.56. The third kappa shape index (κ3) is 3.82. The fourth-order valence-electron chi connectivity index (χ4n) is 7.02. The smallest absolute Gasteiger partial charge is 0.338 e. The van der Waals surface area contributed by atoms with Crippen molar-refractivity contribution in [3.63, 3.8) is 0 Å². The topological polar surface area (TPSA) is 80.8 Å². The van der Waals surface area contributed by atoms with Crippen molar-refractivity contribution in [2.24, 2.45) is 11.8 Å². The number of hydrogen-bond donors (Lipinski definition) is 0. The second kappa shape index (κ2) is 9.82. The maximum absolute atomic E-state index is 14.3. The molecule has 6 nitrogen and oxygen atoms in total. The van der Waals surface area contributed by atoms with Gasteiger partial charge in [0.05, 0.1) is 31.7 Å². The first kappa shape index (κ1) is 27.9. The number of hydrogen-bond acceptors (Lipinski definition) is 5. The third-order valence-electron chi connectivity index (χ3n) is 8.95. The molecule has 0 N–H and O–H groups in total. The fourth-order valence-corrected chi connectivity index (χ4v) is 9.33. The molecular weight excluding hydrogens is 674 g/mol. The van der Waals surface area contributed by atoms with Crippen LogP contribution in [0.4, 0.5) is 5.69 Å². The van der Waals surface area contributed by atoms with Gasteiger partial charge < -0.3 is 4.74 Å². The van der Waals surface area contributed by atoms with E-state index in [1.54, 1.807) is 24.3 Å². The minimum Gasteiger partial charge on any atom is -0.454 e. The van der Waals surface area contributed by atoms with Crippen LogP contribution in [0.25, 0.3) is 0 Å². The van der Waals surface area contributed by atoms with Gasteiger partial charge in [-0.05, 0) is 65.9 Å². The Labute approximate surface area is 265 Å². The Balaban J connectivity index is 1.22. The Morgan fingerprint density at radius 1 is 0.744 bits per heavy atom. The molecular formula is C35H25Br2NO5. The molecule has 3 aliphatic carbocycles. The largest absolute Gasteiger partial charge is 0.454 e. The maximum atomic E-state index is 14.3. The minimum absolute atomic E-state index is 0.137.